The number of allylic oxidation sites excluding steroid dienone is 1. The summed E-state index contributed by atoms with van der Waals surface area (Å²) in [6, 6.07) is 3.76. The quantitative estimate of drug-likeness (QED) is 0.679. The molecule has 2 heterocycles. The molecule has 0 bridgehead atoms. The van der Waals surface area contributed by atoms with Gasteiger partial charge in [0.2, 0.25) is 5.76 Å². The van der Waals surface area contributed by atoms with Gasteiger partial charge in [-0.1, -0.05) is 11.7 Å². The third-order valence-electron chi connectivity index (χ3n) is 3.36. The van der Waals surface area contributed by atoms with Gasteiger partial charge in [-0.25, -0.2) is 4.98 Å². The monoisotopic (exact) mass is 350 g/mol. The van der Waals surface area contributed by atoms with Gasteiger partial charge < -0.3 is 14.7 Å². The number of halogens is 2. The Morgan fingerprint density at radius 2 is 2.08 bits per heavy atom. The second kappa shape index (κ2) is 5.72. The zero-order chi connectivity index (χ0) is 17.5. The number of rotatable bonds is 4. The molecule has 0 fully saturated rings. The smallest absolute Gasteiger partial charge is 0.326 e. The summed E-state index contributed by atoms with van der Waals surface area (Å²) < 4.78 is 33.2. The van der Waals surface area contributed by atoms with E-state index in [1.54, 1.807) is 12.3 Å². The Labute approximate surface area is 139 Å². The van der Waals surface area contributed by atoms with Gasteiger partial charge in [0.25, 0.3) is 0 Å². The third-order valence-corrected chi connectivity index (χ3v) is 4.14. The van der Waals surface area contributed by atoms with Crippen LogP contribution in [0.2, 0.25) is 0 Å². The summed E-state index contributed by atoms with van der Waals surface area (Å²) in [5.41, 5.74) is 0.389. The van der Waals surface area contributed by atoms with Crippen molar-refractivity contribution in [2.24, 2.45) is 0 Å². The maximum Gasteiger partial charge on any atom is 0.326 e. The van der Waals surface area contributed by atoms with E-state index in [0.717, 1.165) is 6.07 Å². The lowest BCUT2D eigenvalue weighted by Crippen LogP contribution is -2.09. The van der Waals surface area contributed by atoms with Crippen molar-refractivity contribution in [1.82, 2.24) is 10.1 Å². The number of thiazole rings is 1. The van der Waals surface area contributed by atoms with Gasteiger partial charge >= 0.3 is 5.92 Å². The molecule has 8 heteroatoms. The predicted octanol–water partition coefficient (Wildman–Crippen LogP) is 4.46. The number of aryl methyl sites for hydroxylation is 1. The number of aromatic hydroxyl groups is 2. The second-order valence-corrected chi connectivity index (χ2v) is 6.08. The molecule has 0 aliphatic carbocycles. The van der Waals surface area contributed by atoms with Gasteiger partial charge in [-0.05, 0) is 25.1 Å². The first kappa shape index (κ1) is 16.1. The van der Waals surface area contributed by atoms with Crippen molar-refractivity contribution in [2.75, 3.05) is 0 Å². The average Bonchev–Trinajstić information content (AvgIpc) is 3.13. The first-order valence-electron chi connectivity index (χ1n) is 6.80. The third kappa shape index (κ3) is 2.65. The summed E-state index contributed by atoms with van der Waals surface area (Å²) in [5.74, 6) is -4.64. The van der Waals surface area contributed by atoms with E-state index in [2.05, 4.69) is 16.7 Å². The Morgan fingerprint density at radius 3 is 2.67 bits per heavy atom. The molecule has 124 valence electrons. The highest BCUT2D eigenvalue weighted by molar-refractivity contribution is 7.09. The van der Waals surface area contributed by atoms with E-state index >= 15 is 0 Å². The molecule has 3 aromatic rings. The van der Waals surface area contributed by atoms with Gasteiger partial charge in [0.05, 0.1) is 16.3 Å². The minimum Gasteiger partial charge on any atom is -0.508 e. The zero-order valence-corrected chi connectivity index (χ0v) is 13.3. The first-order valence-corrected chi connectivity index (χ1v) is 7.68. The van der Waals surface area contributed by atoms with E-state index < -0.39 is 11.7 Å². The van der Waals surface area contributed by atoms with Crippen LogP contribution in [0.5, 0.6) is 11.5 Å². The van der Waals surface area contributed by atoms with E-state index in [1.807, 2.05) is 0 Å². The van der Waals surface area contributed by atoms with Gasteiger partial charge in [-0.15, -0.1) is 11.3 Å². The number of aromatic nitrogens is 2. The van der Waals surface area contributed by atoms with Crippen molar-refractivity contribution in [1.29, 1.82) is 0 Å². The van der Waals surface area contributed by atoms with Gasteiger partial charge in [-0.2, -0.15) is 8.78 Å². The van der Waals surface area contributed by atoms with Gasteiger partial charge in [0, 0.05) is 17.0 Å². The lowest BCUT2D eigenvalue weighted by Gasteiger charge is -2.09. The van der Waals surface area contributed by atoms with Crippen LogP contribution >= 0.6 is 11.3 Å². The fraction of sp³-hybridized carbons (Fsp3) is 0.125. The maximum absolute atomic E-state index is 14.2. The Hall–Kier alpha value is -2.74. The molecule has 2 N–H and O–H groups in total. The van der Waals surface area contributed by atoms with Crippen LogP contribution < -0.4 is 0 Å². The van der Waals surface area contributed by atoms with Crippen molar-refractivity contribution >= 4 is 11.3 Å². The van der Waals surface area contributed by atoms with Crippen molar-refractivity contribution in [3.05, 3.63) is 47.0 Å². The van der Waals surface area contributed by atoms with Gasteiger partial charge in [0.1, 0.15) is 17.2 Å². The Balaban J connectivity index is 2.29. The zero-order valence-electron chi connectivity index (χ0n) is 12.5. The molecule has 3 rings (SSSR count). The normalized spacial score (nSPS) is 11.6. The molecule has 0 atom stereocenters. The van der Waals surface area contributed by atoms with Crippen molar-refractivity contribution < 1.29 is 23.5 Å². The maximum atomic E-state index is 14.2. The average molecular weight is 350 g/mol. The highest BCUT2D eigenvalue weighted by Gasteiger charge is 2.39. The molecule has 0 aliphatic heterocycles. The highest BCUT2D eigenvalue weighted by Crippen LogP contribution is 2.44. The number of hydrogen-bond acceptors (Lipinski definition) is 6. The second-order valence-electron chi connectivity index (χ2n) is 5.02. The fourth-order valence-electron chi connectivity index (χ4n) is 2.23. The number of nitrogens with zero attached hydrogens (tertiary/aromatic N) is 2. The molecule has 0 radical (unpaired) electrons. The summed E-state index contributed by atoms with van der Waals surface area (Å²) in [7, 11) is 0. The Kier molecular flexibility index (Phi) is 3.84. The van der Waals surface area contributed by atoms with Crippen molar-refractivity contribution in [2.45, 2.75) is 12.8 Å². The Morgan fingerprint density at radius 1 is 1.33 bits per heavy atom. The van der Waals surface area contributed by atoms with E-state index in [0.29, 0.717) is 11.1 Å². The van der Waals surface area contributed by atoms with Crippen LogP contribution in [0.15, 0.2) is 40.8 Å². The summed E-state index contributed by atoms with van der Waals surface area (Å²) in [6.45, 7) is 4.86. The number of phenols is 2. The topological polar surface area (TPSA) is 79.4 Å². The molecule has 1 aromatic carbocycles. The predicted molar refractivity (Wildman–Crippen MR) is 85.2 cm³/mol. The first-order chi connectivity index (χ1) is 11.3. The highest BCUT2D eigenvalue weighted by atomic mass is 32.1. The molecule has 2 aromatic heterocycles. The Bertz CT molecular complexity index is 918. The molecular formula is C16H12F2N2O3S. The molecule has 5 nitrogen and oxygen atoms in total. The van der Waals surface area contributed by atoms with Crippen LogP contribution in [0.4, 0.5) is 8.78 Å². The molecule has 0 amide bonds. The largest absolute Gasteiger partial charge is 0.508 e. The minimum atomic E-state index is -3.45. The number of benzene rings is 1. The van der Waals surface area contributed by atoms with Crippen LogP contribution in [0, 0.1) is 6.92 Å². The van der Waals surface area contributed by atoms with Gasteiger partial charge in [-0.3, -0.25) is 0 Å². The molecular weight excluding hydrogens is 338 g/mol. The van der Waals surface area contributed by atoms with Crippen LogP contribution in [0.3, 0.4) is 0 Å². The van der Waals surface area contributed by atoms with E-state index in [1.165, 1.54) is 23.5 Å². The van der Waals surface area contributed by atoms with Gasteiger partial charge in [0.15, 0.2) is 0 Å². The van der Waals surface area contributed by atoms with E-state index in [4.69, 9.17) is 4.52 Å². The lowest BCUT2D eigenvalue weighted by molar-refractivity contribution is 0.0227. The standard InChI is InChI=1S/C16H12F2N2O3S/c1-3-16(17,18)15-13(11-7-24-8(2)19-11)14(20-23-15)10-5-4-9(21)6-12(10)22/h3-7,21-22H,1H2,2H3. The molecule has 0 unspecified atom stereocenters. The number of hydrogen-bond donors (Lipinski definition) is 2. The summed E-state index contributed by atoms with van der Waals surface area (Å²) in [5, 5.41) is 25.4. The van der Waals surface area contributed by atoms with Crippen LogP contribution in [0.1, 0.15) is 10.8 Å². The van der Waals surface area contributed by atoms with Crippen molar-refractivity contribution in [3.63, 3.8) is 0 Å². The summed E-state index contributed by atoms with van der Waals surface area (Å²) in [6.07, 6.45) is 0.455. The SMILES string of the molecule is C=CC(F)(F)c1onc(-c2ccc(O)cc2O)c1-c1csc(C)n1. The van der Waals surface area contributed by atoms with Crippen LogP contribution in [0.25, 0.3) is 22.5 Å². The summed E-state index contributed by atoms with van der Waals surface area (Å²) >= 11 is 1.29. The lowest BCUT2D eigenvalue weighted by atomic mass is 10.0. The van der Waals surface area contributed by atoms with E-state index in [-0.39, 0.29) is 34.0 Å². The number of phenolic OH excluding ortho intramolecular Hbond substituents is 2. The molecule has 0 saturated heterocycles. The van der Waals surface area contributed by atoms with Crippen LogP contribution in [-0.4, -0.2) is 20.4 Å². The molecule has 0 aliphatic rings. The number of alkyl halides is 2. The van der Waals surface area contributed by atoms with Crippen molar-refractivity contribution in [3.8, 4) is 34.0 Å². The molecule has 0 spiro atoms. The van der Waals surface area contributed by atoms with E-state index in [9.17, 15) is 19.0 Å². The minimum absolute atomic E-state index is 0.00863. The molecule has 24 heavy (non-hydrogen) atoms. The molecule has 0 saturated carbocycles. The van der Waals surface area contributed by atoms with Crippen LogP contribution in [-0.2, 0) is 5.92 Å². The summed E-state index contributed by atoms with van der Waals surface area (Å²) in [4.78, 5) is 4.21. The fourth-order valence-corrected chi connectivity index (χ4v) is 2.83.